The van der Waals surface area contributed by atoms with E-state index in [1.165, 1.54) is 11.1 Å². The van der Waals surface area contributed by atoms with E-state index in [4.69, 9.17) is 0 Å². The lowest BCUT2D eigenvalue weighted by Crippen LogP contribution is -2.58. The number of halogens is 1. The molecule has 1 N–H and O–H groups in total. The van der Waals surface area contributed by atoms with Crippen LogP contribution in [-0.4, -0.2) is 22.9 Å². The monoisotopic (exact) mass is 368 g/mol. The molecule has 0 aromatic heterocycles. The quantitative estimate of drug-likeness (QED) is 0.874. The Hall–Kier alpha value is -1.81. The molecule has 2 aromatic rings. The molecular formula is C19H17BrN2O. The van der Waals surface area contributed by atoms with Crippen LogP contribution in [0.15, 0.2) is 53.0 Å². The normalized spacial score (nSPS) is 30.3. The average Bonchev–Trinajstić information content (AvgIpc) is 2.90. The number of rotatable bonds is 2. The topological polar surface area (TPSA) is 32.3 Å². The van der Waals surface area contributed by atoms with Gasteiger partial charge in [0.2, 0.25) is 5.91 Å². The molecule has 116 valence electrons. The van der Waals surface area contributed by atoms with Gasteiger partial charge < -0.3 is 10.2 Å². The van der Waals surface area contributed by atoms with Crippen molar-refractivity contribution in [2.24, 2.45) is 5.92 Å². The number of anilines is 1. The Morgan fingerprint density at radius 2 is 2.04 bits per heavy atom. The van der Waals surface area contributed by atoms with Crippen LogP contribution in [0.4, 0.5) is 5.69 Å². The fourth-order valence-corrected chi connectivity index (χ4v) is 5.01. The third kappa shape index (κ3) is 1.73. The van der Waals surface area contributed by atoms with E-state index in [9.17, 15) is 4.79 Å². The fraction of sp³-hybridized carbons (Fsp3) is 0.316. The Kier molecular flexibility index (Phi) is 2.72. The van der Waals surface area contributed by atoms with E-state index in [-0.39, 0.29) is 11.4 Å². The molecule has 1 saturated heterocycles. The maximum Gasteiger partial charge on any atom is 0.249 e. The molecule has 1 saturated carbocycles. The van der Waals surface area contributed by atoms with Crippen LogP contribution >= 0.6 is 15.9 Å². The summed E-state index contributed by atoms with van der Waals surface area (Å²) in [4.78, 5) is 15.2. The summed E-state index contributed by atoms with van der Waals surface area (Å²) in [5.41, 5.74) is 3.26. The van der Waals surface area contributed by atoms with Gasteiger partial charge in [-0.15, -0.1) is 0 Å². The molecule has 2 fully saturated rings. The van der Waals surface area contributed by atoms with Gasteiger partial charge >= 0.3 is 0 Å². The first kappa shape index (κ1) is 13.6. The summed E-state index contributed by atoms with van der Waals surface area (Å²) in [6.45, 7) is 1.58. The van der Waals surface area contributed by atoms with Crippen molar-refractivity contribution in [3.8, 4) is 0 Å². The van der Waals surface area contributed by atoms with Crippen LogP contribution < -0.4 is 5.32 Å². The molecule has 1 aliphatic carbocycles. The van der Waals surface area contributed by atoms with Crippen molar-refractivity contribution < 1.29 is 4.79 Å². The van der Waals surface area contributed by atoms with Crippen LogP contribution in [0.1, 0.15) is 23.5 Å². The Labute approximate surface area is 143 Å². The molecule has 2 aromatic carbocycles. The fourth-order valence-electron chi connectivity index (χ4n) is 4.65. The summed E-state index contributed by atoms with van der Waals surface area (Å²) in [5, 5.41) is 3.59. The summed E-state index contributed by atoms with van der Waals surface area (Å²) in [6.07, 6.45) is 1.11. The van der Waals surface area contributed by atoms with Gasteiger partial charge in [-0.25, -0.2) is 0 Å². The number of carbonyl (C=O) groups is 1. The highest BCUT2D eigenvalue weighted by atomic mass is 79.9. The second kappa shape index (κ2) is 4.60. The molecular weight excluding hydrogens is 352 g/mol. The number of nitrogens with one attached hydrogen (secondary N) is 1. The second-order valence-electron chi connectivity index (χ2n) is 6.88. The minimum atomic E-state index is -0.377. The third-order valence-electron chi connectivity index (χ3n) is 5.74. The van der Waals surface area contributed by atoms with Crippen LogP contribution in [0.3, 0.4) is 0 Å². The zero-order valence-electron chi connectivity index (χ0n) is 12.6. The first-order chi connectivity index (χ1) is 11.2. The van der Waals surface area contributed by atoms with Gasteiger partial charge in [0, 0.05) is 35.1 Å². The Morgan fingerprint density at radius 3 is 2.87 bits per heavy atom. The highest BCUT2D eigenvalue weighted by Gasteiger charge is 2.69. The first-order valence-electron chi connectivity index (χ1n) is 8.09. The lowest BCUT2D eigenvalue weighted by atomic mass is 9.60. The molecule has 0 unspecified atom stereocenters. The lowest BCUT2D eigenvalue weighted by molar-refractivity contribution is -0.134. The molecule has 2 heterocycles. The van der Waals surface area contributed by atoms with Gasteiger partial charge in [0.25, 0.3) is 0 Å². The van der Waals surface area contributed by atoms with Gasteiger partial charge in [0.15, 0.2) is 0 Å². The summed E-state index contributed by atoms with van der Waals surface area (Å²) in [6, 6.07) is 16.6. The van der Waals surface area contributed by atoms with Crippen LogP contribution in [0.25, 0.3) is 0 Å². The third-order valence-corrected chi connectivity index (χ3v) is 6.24. The molecule has 3 atom stereocenters. The zero-order chi connectivity index (χ0) is 15.6. The van der Waals surface area contributed by atoms with Crippen molar-refractivity contribution in [3.05, 3.63) is 64.1 Å². The predicted octanol–water partition coefficient (Wildman–Crippen LogP) is 3.76. The van der Waals surface area contributed by atoms with E-state index in [0.29, 0.717) is 18.4 Å². The van der Waals surface area contributed by atoms with Crippen LogP contribution in [0, 0.1) is 5.92 Å². The van der Waals surface area contributed by atoms with E-state index < -0.39 is 0 Å². The highest BCUT2D eigenvalue weighted by Crippen LogP contribution is 2.62. The van der Waals surface area contributed by atoms with E-state index in [1.807, 2.05) is 23.1 Å². The average molecular weight is 369 g/mol. The minimum Gasteiger partial charge on any atom is -0.370 e. The number of carbonyl (C=O) groups excluding carboxylic acids is 1. The predicted molar refractivity (Wildman–Crippen MR) is 93.2 cm³/mol. The Bertz CT molecular complexity index is 806. The summed E-state index contributed by atoms with van der Waals surface area (Å²) < 4.78 is 1.06. The lowest BCUT2D eigenvalue weighted by Gasteiger charge is -2.45. The molecule has 5 rings (SSSR count). The van der Waals surface area contributed by atoms with Crippen LogP contribution in [-0.2, 0) is 11.3 Å². The molecule has 0 bridgehead atoms. The number of benzene rings is 2. The van der Waals surface area contributed by atoms with Crippen LogP contribution in [0.5, 0.6) is 0 Å². The summed E-state index contributed by atoms with van der Waals surface area (Å²) >= 11 is 3.53. The number of likely N-dealkylation sites (tertiary alicyclic amines) is 1. The van der Waals surface area contributed by atoms with Gasteiger partial charge in [-0.05, 0) is 29.7 Å². The van der Waals surface area contributed by atoms with Crippen LogP contribution in [0.2, 0.25) is 0 Å². The highest BCUT2D eigenvalue weighted by molar-refractivity contribution is 9.10. The van der Waals surface area contributed by atoms with Crippen molar-refractivity contribution in [1.82, 2.24) is 4.90 Å². The molecule has 1 amide bonds. The molecule has 2 aliphatic heterocycles. The summed E-state index contributed by atoms with van der Waals surface area (Å²) in [5.74, 6) is 1.04. The number of hydrogen-bond donors (Lipinski definition) is 1. The summed E-state index contributed by atoms with van der Waals surface area (Å²) in [7, 11) is 0. The molecule has 3 nitrogen and oxygen atoms in total. The van der Waals surface area contributed by atoms with E-state index in [1.54, 1.807) is 0 Å². The Balaban J connectivity index is 1.46. The minimum absolute atomic E-state index is 0.273. The molecule has 1 spiro atoms. The van der Waals surface area contributed by atoms with E-state index >= 15 is 0 Å². The molecule has 23 heavy (non-hydrogen) atoms. The number of amides is 1. The second-order valence-corrected chi connectivity index (χ2v) is 7.80. The molecule has 0 radical (unpaired) electrons. The van der Waals surface area contributed by atoms with E-state index in [0.717, 1.165) is 23.1 Å². The van der Waals surface area contributed by atoms with Gasteiger partial charge in [-0.3, -0.25) is 4.79 Å². The Morgan fingerprint density at radius 1 is 1.22 bits per heavy atom. The van der Waals surface area contributed by atoms with E-state index in [2.05, 4.69) is 51.6 Å². The standard InChI is InChI=1S/C19H17BrN2O/c20-14-6-7-15-16-8-13-11-22(10-12-4-2-1-3-5-12)18(23)19(13,16)21-17(15)9-14/h1-7,9,13,16,21H,8,10-11H2/t13-,16-,19-/m0/s1. The van der Waals surface area contributed by atoms with Crippen molar-refractivity contribution in [3.63, 3.8) is 0 Å². The van der Waals surface area contributed by atoms with Gasteiger partial charge in [0.1, 0.15) is 5.54 Å². The van der Waals surface area contributed by atoms with Crippen molar-refractivity contribution in [1.29, 1.82) is 0 Å². The number of nitrogens with zero attached hydrogens (tertiary/aromatic N) is 1. The van der Waals surface area contributed by atoms with Gasteiger partial charge in [-0.1, -0.05) is 52.3 Å². The molecule has 4 heteroatoms. The maximum atomic E-state index is 13.2. The zero-order valence-corrected chi connectivity index (χ0v) is 14.2. The SMILES string of the molecule is O=C1N(Cc2ccccc2)C[C@@H]2C[C@H]3c4ccc(Br)cc4N[C@@]123. The van der Waals surface area contributed by atoms with Crippen molar-refractivity contribution in [2.45, 2.75) is 24.4 Å². The smallest absolute Gasteiger partial charge is 0.249 e. The maximum absolute atomic E-state index is 13.2. The van der Waals surface area contributed by atoms with Gasteiger partial charge in [-0.2, -0.15) is 0 Å². The number of fused-ring (bicyclic) bond motifs is 2. The van der Waals surface area contributed by atoms with Crippen molar-refractivity contribution in [2.75, 3.05) is 11.9 Å². The first-order valence-corrected chi connectivity index (χ1v) is 8.89. The largest absolute Gasteiger partial charge is 0.370 e. The molecule has 3 aliphatic rings. The van der Waals surface area contributed by atoms with Crippen molar-refractivity contribution >= 4 is 27.5 Å². The van der Waals surface area contributed by atoms with Gasteiger partial charge in [0.05, 0.1) is 0 Å². The number of hydrogen-bond acceptors (Lipinski definition) is 2.